The molecule has 2 aromatic carbocycles. The second-order valence-corrected chi connectivity index (χ2v) is 4.78. The van der Waals surface area contributed by atoms with Gasteiger partial charge in [-0.3, -0.25) is 4.68 Å². The van der Waals surface area contributed by atoms with Crippen LogP contribution in [0, 0.1) is 11.6 Å². The largest absolute Gasteiger partial charge is 0.396 e. The first-order chi connectivity index (χ1) is 10.0. The molecular formula is C16H13F2N3. The monoisotopic (exact) mass is 285 g/mol. The zero-order valence-corrected chi connectivity index (χ0v) is 11.3. The zero-order valence-electron chi connectivity index (χ0n) is 11.3. The average molecular weight is 285 g/mol. The van der Waals surface area contributed by atoms with E-state index in [4.69, 9.17) is 5.73 Å². The number of aryl methyl sites for hydroxylation is 1. The van der Waals surface area contributed by atoms with Gasteiger partial charge >= 0.3 is 0 Å². The van der Waals surface area contributed by atoms with Crippen molar-refractivity contribution in [2.24, 2.45) is 7.05 Å². The molecule has 0 amide bonds. The summed E-state index contributed by atoms with van der Waals surface area (Å²) in [5, 5.41) is 5.11. The molecule has 0 aliphatic heterocycles. The summed E-state index contributed by atoms with van der Waals surface area (Å²) in [5.74, 6) is -0.738. The molecule has 0 aliphatic rings. The van der Waals surface area contributed by atoms with E-state index in [0.717, 1.165) is 10.9 Å². The van der Waals surface area contributed by atoms with Crippen LogP contribution in [0.2, 0.25) is 0 Å². The van der Waals surface area contributed by atoms with Gasteiger partial charge in [0.1, 0.15) is 11.6 Å². The van der Waals surface area contributed by atoms with Gasteiger partial charge in [-0.15, -0.1) is 0 Å². The highest BCUT2D eigenvalue weighted by molar-refractivity contribution is 5.91. The first-order valence-electron chi connectivity index (χ1n) is 6.40. The van der Waals surface area contributed by atoms with E-state index in [2.05, 4.69) is 5.10 Å². The molecule has 0 saturated heterocycles. The maximum absolute atomic E-state index is 13.5. The van der Waals surface area contributed by atoms with Gasteiger partial charge in [-0.1, -0.05) is 18.2 Å². The second-order valence-electron chi connectivity index (χ2n) is 4.78. The van der Waals surface area contributed by atoms with Crippen molar-refractivity contribution in [3.8, 4) is 0 Å². The highest BCUT2D eigenvalue weighted by Gasteiger charge is 2.09. The minimum atomic E-state index is -0.459. The first-order valence-corrected chi connectivity index (χ1v) is 6.40. The first kappa shape index (κ1) is 13.3. The van der Waals surface area contributed by atoms with Crippen LogP contribution in [0.15, 0.2) is 36.4 Å². The quantitative estimate of drug-likeness (QED) is 0.731. The van der Waals surface area contributed by atoms with Crippen LogP contribution < -0.4 is 5.73 Å². The number of hydrogen-bond acceptors (Lipinski definition) is 2. The summed E-state index contributed by atoms with van der Waals surface area (Å²) in [6, 6.07) is 9.07. The molecule has 106 valence electrons. The van der Waals surface area contributed by atoms with Crippen LogP contribution in [0.4, 0.5) is 14.5 Å². The normalized spacial score (nSPS) is 11.6. The number of rotatable bonds is 2. The Bertz CT molecular complexity index is 833. The van der Waals surface area contributed by atoms with E-state index in [0.29, 0.717) is 11.2 Å². The molecule has 0 atom stereocenters. The van der Waals surface area contributed by atoms with Crippen LogP contribution in [0.1, 0.15) is 11.3 Å². The minimum absolute atomic E-state index is 0.0898. The van der Waals surface area contributed by atoms with E-state index in [1.807, 2.05) is 6.08 Å². The number of halogens is 2. The van der Waals surface area contributed by atoms with Gasteiger partial charge in [-0.25, -0.2) is 8.78 Å². The summed E-state index contributed by atoms with van der Waals surface area (Å²) in [6.45, 7) is 0. The number of nitrogens with zero attached hydrogens (tertiary/aromatic N) is 2. The smallest absolute Gasteiger partial charge is 0.148 e. The predicted molar refractivity (Wildman–Crippen MR) is 80.4 cm³/mol. The summed E-state index contributed by atoms with van der Waals surface area (Å²) in [6.07, 6.45) is 3.62. The average Bonchev–Trinajstić information content (AvgIpc) is 2.75. The van der Waals surface area contributed by atoms with Gasteiger partial charge in [0, 0.05) is 18.5 Å². The number of nitrogen functional groups attached to an aromatic ring is 1. The summed E-state index contributed by atoms with van der Waals surface area (Å²) in [7, 11) is 1.74. The van der Waals surface area contributed by atoms with Gasteiger partial charge in [0.25, 0.3) is 0 Å². The fraction of sp³-hybridized carbons (Fsp3) is 0.0625. The topological polar surface area (TPSA) is 43.8 Å². The molecule has 0 aliphatic carbocycles. The Morgan fingerprint density at radius 2 is 1.81 bits per heavy atom. The lowest BCUT2D eigenvalue weighted by Crippen LogP contribution is -1.92. The predicted octanol–water partition coefficient (Wildman–Crippen LogP) is 3.60. The van der Waals surface area contributed by atoms with Crippen LogP contribution in [0.3, 0.4) is 0 Å². The van der Waals surface area contributed by atoms with Gasteiger partial charge in [-0.05, 0) is 29.8 Å². The maximum Gasteiger partial charge on any atom is 0.148 e. The molecule has 1 heterocycles. The van der Waals surface area contributed by atoms with Crippen molar-refractivity contribution in [2.45, 2.75) is 0 Å². The SMILES string of the molecule is Cn1nc(/C=C/c2ccc(F)cc2)c2cc(N)c(F)cc21. The zero-order chi connectivity index (χ0) is 15.0. The van der Waals surface area contributed by atoms with Crippen LogP contribution in [0.5, 0.6) is 0 Å². The molecule has 0 unspecified atom stereocenters. The van der Waals surface area contributed by atoms with E-state index < -0.39 is 5.82 Å². The van der Waals surface area contributed by atoms with Gasteiger partial charge in [-0.2, -0.15) is 5.10 Å². The molecule has 0 bridgehead atoms. The van der Waals surface area contributed by atoms with Crippen LogP contribution >= 0.6 is 0 Å². The third kappa shape index (κ3) is 2.50. The van der Waals surface area contributed by atoms with E-state index in [1.54, 1.807) is 36.0 Å². The Balaban J connectivity index is 2.04. The number of aromatic nitrogens is 2. The number of anilines is 1. The van der Waals surface area contributed by atoms with Crippen LogP contribution in [-0.2, 0) is 7.05 Å². The van der Waals surface area contributed by atoms with Crippen molar-refractivity contribution >= 4 is 28.7 Å². The molecular weight excluding hydrogens is 272 g/mol. The van der Waals surface area contributed by atoms with Crippen molar-refractivity contribution in [2.75, 3.05) is 5.73 Å². The molecule has 1 aromatic heterocycles. The lowest BCUT2D eigenvalue weighted by Gasteiger charge is -1.98. The third-order valence-electron chi connectivity index (χ3n) is 3.30. The highest BCUT2D eigenvalue weighted by atomic mass is 19.1. The number of nitrogens with two attached hydrogens (primary N) is 1. The Morgan fingerprint density at radius 1 is 1.10 bits per heavy atom. The summed E-state index contributed by atoms with van der Waals surface area (Å²) < 4.78 is 28.0. The molecule has 3 aromatic rings. The van der Waals surface area contributed by atoms with Crippen molar-refractivity contribution in [1.82, 2.24) is 9.78 Å². The Kier molecular flexibility index (Phi) is 3.17. The van der Waals surface area contributed by atoms with E-state index in [9.17, 15) is 8.78 Å². The summed E-state index contributed by atoms with van der Waals surface area (Å²) in [5.41, 5.74) is 7.90. The summed E-state index contributed by atoms with van der Waals surface area (Å²) in [4.78, 5) is 0. The molecule has 5 heteroatoms. The minimum Gasteiger partial charge on any atom is -0.396 e. The van der Waals surface area contributed by atoms with Gasteiger partial charge < -0.3 is 5.73 Å². The molecule has 0 saturated carbocycles. The van der Waals surface area contributed by atoms with Crippen molar-refractivity contribution < 1.29 is 8.78 Å². The lowest BCUT2D eigenvalue weighted by atomic mass is 10.1. The van der Waals surface area contributed by atoms with Crippen molar-refractivity contribution in [3.05, 3.63) is 59.3 Å². The molecule has 3 nitrogen and oxygen atoms in total. The van der Waals surface area contributed by atoms with E-state index in [-0.39, 0.29) is 11.5 Å². The number of hydrogen-bond donors (Lipinski definition) is 1. The van der Waals surface area contributed by atoms with Crippen molar-refractivity contribution in [3.63, 3.8) is 0 Å². The number of benzene rings is 2. The van der Waals surface area contributed by atoms with Crippen molar-refractivity contribution in [1.29, 1.82) is 0 Å². The third-order valence-corrected chi connectivity index (χ3v) is 3.30. The Hall–Kier alpha value is -2.69. The molecule has 3 rings (SSSR count). The number of fused-ring (bicyclic) bond motifs is 1. The van der Waals surface area contributed by atoms with E-state index >= 15 is 0 Å². The standard InChI is InChI=1S/C16H13F2N3/c1-21-16-9-13(18)14(19)8-12(16)15(20-21)7-4-10-2-5-11(17)6-3-10/h2-9H,19H2,1H3/b7-4+. The molecule has 0 fully saturated rings. The van der Waals surface area contributed by atoms with Gasteiger partial charge in [0.2, 0.25) is 0 Å². The Labute approximate surface area is 120 Å². The van der Waals surface area contributed by atoms with Crippen LogP contribution in [0.25, 0.3) is 23.1 Å². The second kappa shape index (κ2) is 5.01. The fourth-order valence-corrected chi connectivity index (χ4v) is 2.19. The highest BCUT2D eigenvalue weighted by Crippen LogP contribution is 2.24. The lowest BCUT2D eigenvalue weighted by molar-refractivity contribution is 0.627. The summed E-state index contributed by atoms with van der Waals surface area (Å²) >= 11 is 0. The fourth-order valence-electron chi connectivity index (χ4n) is 2.19. The Morgan fingerprint density at radius 3 is 2.52 bits per heavy atom. The van der Waals surface area contributed by atoms with E-state index in [1.165, 1.54) is 18.2 Å². The molecule has 0 radical (unpaired) electrons. The van der Waals surface area contributed by atoms with Crippen LogP contribution in [-0.4, -0.2) is 9.78 Å². The molecule has 21 heavy (non-hydrogen) atoms. The maximum atomic E-state index is 13.5. The molecule has 0 spiro atoms. The van der Waals surface area contributed by atoms with Gasteiger partial charge in [0.15, 0.2) is 0 Å². The molecule has 2 N–H and O–H groups in total. The van der Waals surface area contributed by atoms with Gasteiger partial charge in [0.05, 0.1) is 16.9 Å².